The molecule has 0 aliphatic heterocycles. The molecule has 2 N–H and O–H groups in total. The third-order valence-electron chi connectivity index (χ3n) is 3.17. The summed E-state index contributed by atoms with van der Waals surface area (Å²) in [4.78, 5) is 23.3. The van der Waals surface area contributed by atoms with Gasteiger partial charge < -0.3 is 19.6 Å². The van der Waals surface area contributed by atoms with Crippen LogP contribution >= 0.6 is 11.6 Å². The van der Waals surface area contributed by atoms with Crippen molar-refractivity contribution in [1.29, 1.82) is 0 Å². The number of hydrogen-bond acceptors (Lipinski definition) is 4. The quantitative estimate of drug-likeness (QED) is 0.775. The fourth-order valence-corrected chi connectivity index (χ4v) is 2.30. The maximum Gasteiger partial charge on any atom is 0.422 e. The molecule has 140 valence electrons. The van der Waals surface area contributed by atoms with Crippen molar-refractivity contribution < 1.29 is 37.0 Å². The Morgan fingerprint density at radius 3 is 2.65 bits per heavy atom. The van der Waals surface area contributed by atoms with Crippen molar-refractivity contribution in [1.82, 2.24) is 0 Å². The Morgan fingerprint density at radius 1 is 1.35 bits per heavy atom. The highest BCUT2D eigenvalue weighted by Gasteiger charge is 2.29. The highest BCUT2D eigenvalue weighted by atomic mass is 35.5. The minimum absolute atomic E-state index is 0.0101. The van der Waals surface area contributed by atoms with Crippen LogP contribution < -0.4 is 10.1 Å². The lowest BCUT2D eigenvalue weighted by Crippen LogP contribution is -2.21. The van der Waals surface area contributed by atoms with Gasteiger partial charge in [0.15, 0.2) is 6.61 Å². The Labute approximate surface area is 150 Å². The van der Waals surface area contributed by atoms with Gasteiger partial charge >= 0.3 is 12.1 Å². The summed E-state index contributed by atoms with van der Waals surface area (Å²) in [5.41, 5.74) is 0.320. The van der Waals surface area contributed by atoms with E-state index in [9.17, 15) is 22.8 Å². The van der Waals surface area contributed by atoms with Crippen LogP contribution in [-0.2, 0) is 11.2 Å². The molecule has 0 aliphatic rings. The van der Waals surface area contributed by atoms with Crippen molar-refractivity contribution in [2.45, 2.75) is 19.5 Å². The van der Waals surface area contributed by atoms with Gasteiger partial charge in [-0.15, -0.1) is 0 Å². The molecule has 0 saturated carbocycles. The van der Waals surface area contributed by atoms with Crippen LogP contribution in [0.1, 0.15) is 21.7 Å². The Balaban J connectivity index is 2.27. The van der Waals surface area contributed by atoms with E-state index in [2.05, 4.69) is 10.1 Å². The first-order chi connectivity index (χ1) is 12.1. The molecule has 10 heteroatoms. The molecule has 0 atom stereocenters. The monoisotopic (exact) mass is 391 g/mol. The first-order valence-electron chi connectivity index (χ1n) is 7.16. The summed E-state index contributed by atoms with van der Waals surface area (Å²) >= 11 is 5.76. The van der Waals surface area contributed by atoms with E-state index in [1.54, 1.807) is 0 Å². The number of halogens is 4. The number of anilines is 1. The maximum absolute atomic E-state index is 12.5. The second-order valence-corrected chi connectivity index (χ2v) is 5.72. The summed E-state index contributed by atoms with van der Waals surface area (Å²) in [5, 5.41) is 11.4. The number of amides is 1. The molecule has 6 nitrogen and oxygen atoms in total. The maximum atomic E-state index is 12.5. The van der Waals surface area contributed by atoms with E-state index in [1.165, 1.54) is 25.3 Å². The molecule has 0 radical (unpaired) electrons. The van der Waals surface area contributed by atoms with E-state index in [0.717, 1.165) is 6.07 Å². The summed E-state index contributed by atoms with van der Waals surface area (Å²) in [7, 11) is 0. The number of ether oxygens (including phenoxy) is 1. The second kappa shape index (κ2) is 7.69. The molecule has 1 aromatic heterocycles. The molecule has 2 aromatic rings. The van der Waals surface area contributed by atoms with Gasteiger partial charge in [-0.2, -0.15) is 13.2 Å². The van der Waals surface area contributed by atoms with E-state index in [4.69, 9.17) is 21.1 Å². The summed E-state index contributed by atoms with van der Waals surface area (Å²) in [6.45, 7) is -0.0299. The van der Waals surface area contributed by atoms with Crippen molar-refractivity contribution in [2.24, 2.45) is 0 Å². The van der Waals surface area contributed by atoms with E-state index < -0.39 is 31.1 Å². The fourth-order valence-electron chi connectivity index (χ4n) is 2.13. The first-order valence-corrected chi connectivity index (χ1v) is 7.54. The first kappa shape index (κ1) is 19.6. The predicted octanol–water partition coefficient (Wildman–Crippen LogP) is 4.06. The van der Waals surface area contributed by atoms with Gasteiger partial charge in [-0.05, 0) is 19.1 Å². The molecule has 0 spiro atoms. The van der Waals surface area contributed by atoms with Gasteiger partial charge in [0.05, 0.1) is 17.5 Å². The molecule has 0 unspecified atom stereocenters. The van der Waals surface area contributed by atoms with Gasteiger partial charge in [0, 0.05) is 16.7 Å². The highest BCUT2D eigenvalue weighted by molar-refractivity contribution is 6.30. The van der Waals surface area contributed by atoms with E-state index in [-0.39, 0.29) is 27.8 Å². The topological polar surface area (TPSA) is 88.8 Å². The van der Waals surface area contributed by atoms with Crippen molar-refractivity contribution >= 4 is 29.2 Å². The van der Waals surface area contributed by atoms with Crippen LogP contribution in [0.3, 0.4) is 0 Å². The molecule has 2 rings (SSSR count). The van der Waals surface area contributed by atoms with Gasteiger partial charge in [-0.1, -0.05) is 11.6 Å². The zero-order chi connectivity index (χ0) is 19.5. The number of aliphatic carboxylic acids is 1. The average molecular weight is 392 g/mol. The Kier molecular flexibility index (Phi) is 5.81. The molecule has 0 fully saturated rings. The van der Waals surface area contributed by atoms with Crippen molar-refractivity contribution in [2.75, 3.05) is 11.9 Å². The van der Waals surface area contributed by atoms with Crippen LogP contribution in [0, 0.1) is 6.92 Å². The van der Waals surface area contributed by atoms with E-state index in [0.29, 0.717) is 5.56 Å². The number of hydrogen-bond donors (Lipinski definition) is 2. The largest absolute Gasteiger partial charge is 0.482 e. The van der Waals surface area contributed by atoms with Gasteiger partial charge in [0.1, 0.15) is 17.9 Å². The molecular formula is C16H13ClF3NO5. The molecule has 1 amide bonds. The average Bonchev–Trinajstić information content (AvgIpc) is 2.86. The van der Waals surface area contributed by atoms with E-state index >= 15 is 0 Å². The Hall–Kier alpha value is -2.68. The third kappa shape index (κ3) is 5.16. The number of aryl methyl sites for hydroxylation is 1. The number of benzene rings is 1. The summed E-state index contributed by atoms with van der Waals surface area (Å²) in [6, 6.07) is 3.76. The number of rotatable bonds is 6. The Bertz CT molecular complexity index is 832. The molecule has 1 heterocycles. The van der Waals surface area contributed by atoms with Crippen molar-refractivity contribution in [3.8, 4) is 5.75 Å². The van der Waals surface area contributed by atoms with Crippen LogP contribution in [0.25, 0.3) is 0 Å². The fraction of sp³-hybridized carbons (Fsp3) is 0.250. The molecule has 0 bridgehead atoms. The third-order valence-corrected chi connectivity index (χ3v) is 3.41. The number of carboxylic acid groups (broad SMARTS) is 1. The minimum Gasteiger partial charge on any atom is -0.482 e. The lowest BCUT2D eigenvalue weighted by Gasteiger charge is -2.14. The summed E-state index contributed by atoms with van der Waals surface area (Å²) in [5.74, 6) is -2.29. The van der Waals surface area contributed by atoms with Crippen LogP contribution in [0.15, 0.2) is 28.9 Å². The zero-order valence-corrected chi connectivity index (χ0v) is 14.1. The summed E-state index contributed by atoms with van der Waals surface area (Å²) < 4.78 is 46.9. The van der Waals surface area contributed by atoms with Crippen LogP contribution in [0.2, 0.25) is 5.02 Å². The normalized spacial score (nSPS) is 11.3. The number of carbonyl (C=O) groups excluding carboxylic acids is 1. The minimum atomic E-state index is -4.57. The predicted molar refractivity (Wildman–Crippen MR) is 85.7 cm³/mol. The lowest BCUT2D eigenvalue weighted by molar-refractivity contribution is -0.153. The Morgan fingerprint density at radius 2 is 2.04 bits per heavy atom. The van der Waals surface area contributed by atoms with Gasteiger partial charge in [-0.3, -0.25) is 9.59 Å². The number of alkyl halides is 3. The molecule has 0 saturated heterocycles. The van der Waals surface area contributed by atoms with Crippen molar-refractivity contribution in [3.63, 3.8) is 0 Å². The number of nitrogens with one attached hydrogen (secondary N) is 1. The lowest BCUT2D eigenvalue weighted by atomic mass is 10.1. The number of furan rings is 1. The van der Waals surface area contributed by atoms with Gasteiger partial charge in [0.25, 0.3) is 5.91 Å². The standard InChI is InChI=1S/C16H13ClF3NO5/c1-8-6-25-12(5-13(22)23)14(8)15(24)21-10-3-2-9(17)4-11(10)26-7-16(18,19)20/h2-4,6H,5,7H2,1H3,(H,21,24)(H,22,23). The molecule has 1 aromatic carbocycles. The van der Waals surface area contributed by atoms with Crippen molar-refractivity contribution in [3.05, 3.63) is 46.4 Å². The molecule has 26 heavy (non-hydrogen) atoms. The highest BCUT2D eigenvalue weighted by Crippen LogP contribution is 2.31. The molecular weight excluding hydrogens is 379 g/mol. The smallest absolute Gasteiger partial charge is 0.422 e. The van der Waals surface area contributed by atoms with Crippen LogP contribution in [-0.4, -0.2) is 29.8 Å². The second-order valence-electron chi connectivity index (χ2n) is 5.29. The van der Waals surface area contributed by atoms with Crippen LogP contribution in [0.5, 0.6) is 5.75 Å². The van der Waals surface area contributed by atoms with Gasteiger partial charge in [0.2, 0.25) is 0 Å². The van der Waals surface area contributed by atoms with E-state index in [1.807, 2.05) is 0 Å². The van der Waals surface area contributed by atoms with Crippen LogP contribution in [0.4, 0.5) is 18.9 Å². The number of carboxylic acids is 1. The number of carbonyl (C=O) groups is 2. The SMILES string of the molecule is Cc1coc(CC(=O)O)c1C(=O)Nc1ccc(Cl)cc1OCC(F)(F)F. The zero-order valence-electron chi connectivity index (χ0n) is 13.3. The molecule has 0 aliphatic carbocycles. The summed E-state index contributed by atoms with van der Waals surface area (Å²) in [6.07, 6.45) is -3.87. The van der Waals surface area contributed by atoms with Gasteiger partial charge in [-0.25, -0.2) is 0 Å².